The minimum Gasteiger partial charge on any atom is -0.205 e. The summed E-state index contributed by atoms with van der Waals surface area (Å²) in [5.41, 5.74) is 0.773. The summed E-state index contributed by atoms with van der Waals surface area (Å²) in [6.45, 7) is 1.83. The van der Waals surface area contributed by atoms with Gasteiger partial charge in [-0.05, 0) is 12.5 Å². The fraction of sp³-hybridized carbons (Fsp3) is 0.333. The van der Waals surface area contributed by atoms with Crippen molar-refractivity contribution in [2.24, 2.45) is 0 Å². The van der Waals surface area contributed by atoms with E-state index in [9.17, 15) is 8.78 Å². The third-order valence-corrected chi connectivity index (χ3v) is 2.15. The molecule has 3 heteroatoms. The first-order valence-electron chi connectivity index (χ1n) is 3.64. The molecule has 0 heterocycles. The molecule has 12 heavy (non-hydrogen) atoms. The van der Waals surface area contributed by atoms with Crippen LogP contribution < -0.4 is 0 Å². The van der Waals surface area contributed by atoms with Gasteiger partial charge in [0, 0.05) is 10.4 Å². The van der Waals surface area contributed by atoms with E-state index in [0.717, 1.165) is 0 Å². The molecule has 1 aromatic carbocycles. The quantitative estimate of drug-likeness (QED) is 0.677. The summed E-state index contributed by atoms with van der Waals surface area (Å²) >= 11 is 3.27. The normalized spacial score (nSPS) is 13.4. The standard InChI is InChI=1S/C9H9BrF2/c1-6(10)7-4-2-3-5-8(7)9(11)12/h2-6,9H,1H3. The molecule has 0 nitrogen and oxygen atoms in total. The number of rotatable bonds is 2. The van der Waals surface area contributed by atoms with Gasteiger partial charge in [-0.3, -0.25) is 0 Å². The van der Waals surface area contributed by atoms with Crippen molar-refractivity contribution in [1.29, 1.82) is 0 Å². The average molecular weight is 235 g/mol. The van der Waals surface area contributed by atoms with Gasteiger partial charge in [-0.15, -0.1) is 0 Å². The molecule has 1 atom stereocenters. The first-order chi connectivity index (χ1) is 5.63. The van der Waals surface area contributed by atoms with Crippen molar-refractivity contribution in [1.82, 2.24) is 0 Å². The first kappa shape index (κ1) is 9.65. The molecule has 0 amide bonds. The van der Waals surface area contributed by atoms with Crippen LogP contribution in [0.25, 0.3) is 0 Å². The lowest BCUT2D eigenvalue weighted by atomic mass is 10.1. The maximum absolute atomic E-state index is 12.4. The van der Waals surface area contributed by atoms with Crippen LogP contribution in [0.1, 0.15) is 29.3 Å². The van der Waals surface area contributed by atoms with Gasteiger partial charge in [0.25, 0.3) is 6.43 Å². The van der Waals surface area contributed by atoms with Gasteiger partial charge >= 0.3 is 0 Å². The molecule has 0 saturated heterocycles. The Morgan fingerprint density at radius 1 is 1.17 bits per heavy atom. The molecule has 0 fully saturated rings. The zero-order valence-corrected chi connectivity index (χ0v) is 8.18. The van der Waals surface area contributed by atoms with E-state index in [0.29, 0.717) is 5.56 Å². The van der Waals surface area contributed by atoms with Crippen molar-refractivity contribution in [3.63, 3.8) is 0 Å². The van der Waals surface area contributed by atoms with E-state index >= 15 is 0 Å². The van der Waals surface area contributed by atoms with E-state index < -0.39 is 6.43 Å². The third-order valence-electron chi connectivity index (χ3n) is 1.66. The molecular formula is C9H9BrF2. The minimum atomic E-state index is -2.39. The Hall–Kier alpha value is -0.440. The van der Waals surface area contributed by atoms with E-state index in [-0.39, 0.29) is 10.4 Å². The highest BCUT2D eigenvalue weighted by Gasteiger charge is 2.14. The average Bonchev–Trinajstić information content (AvgIpc) is 2.04. The second-order valence-corrected chi connectivity index (χ2v) is 3.92. The number of alkyl halides is 3. The van der Waals surface area contributed by atoms with Crippen LogP contribution >= 0.6 is 15.9 Å². The molecule has 0 bridgehead atoms. The van der Waals surface area contributed by atoms with Gasteiger partial charge in [-0.1, -0.05) is 40.2 Å². The molecule has 0 aliphatic rings. The van der Waals surface area contributed by atoms with Gasteiger partial charge < -0.3 is 0 Å². The predicted molar refractivity (Wildman–Crippen MR) is 48.7 cm³/mol. The molecule has 66 valence electrons. The summed E-state index contributed by atoms with van der Waals surface area (Å²) in [5, 5.41) is 0. The SMILES string of the molecule is CC(Br)c1ccccc1C(F)F. The number of benzene rings is 1. The Kier molecular flexibility index (Phi) is 3.20. The lowest BCUT2D eigenvalue weighted by molar-refractivity contribution is 0.150. The Balaban J connectivity index is 3.09. The number of halogens is 3. The summed E-state index contributed by atoms with van der Waals surface area (Å²) < 4.78 is 24.7. The summed E-state index contributed by atoms with van der Waals surface area (Å²) in [6.07, 6.45) is -2.39. The van der Waals surface area contributed by atoms with Gasteiger partial charge in [0.2, 0.25) is 0 Å². The monoisotopic (exact) mass is 234 g/mol. The molecule has 1 rings (SSSR count). The van der Waals surface area contributed by atoms with Gasteiger partial charge in [-0.25, -0.2) is 8.78 Å². The van der Waals surface area contributed by atoms with Gasteiger partial charge in [0.15, 0.2) is 0 Å². The summed E-state index contributed by atoms with van der Waals surface area (Å²) in [7, 11) is 0. The van der Waals surface area contributed by atoms with Crippen molar-refractivity contribution in [2.75, 3.05) is 0 Å². The smallest absolute Gasteiger partial charge is 0.205 e. The van der Waals surface area contributed by atoms with E-state index in [1.807, 2.05) is 6.92 Å². The van der Waals surface area contributed by atoms with Crippen LogP contribution in [0.4, 0.5) is 8.78 Å². The molecule has 0 aliphatic heterocycles. The largest absolute Gasteiger partial charge is 0.264 e. The molecule has 0 spiro atoms. The molecule has 0 radical (unpaired) electrons. The fourth-order valence-corrected chi connectivity index (χ4v) is 1.49. The second kappa shape index (κ2) is 3.99. The topological polar surface area (TPSA) is 0 Å². The van der Waals surface area contributed by atoms with Crippen LogP contribution in [-0.4, -0.2) is 0 Å². The van der Waals surface area contributed by atoms with Crippen molar-refractivity contribution < 1.29 is 8.78 Å². The third kappa shape index (κ3) is 2.03. The summed E-state index contributed by atoms with van der Waals surface area (Å²) in [5.74, 6) is 0. The Labute approximate surface area is 78.7 Å². The van der Waals surface area contributed by atoms with E-state index in [2.05, 4.69) is 15.9 Å². The maximum Gasteiger partial charge on any atom is 0.264 e. The highest BCUT2D eigenvalue weighted by atomic mass is 79.9. The molecule has 1 aromatic rings. The zero-order valence-electron chi connectivity index (χ0n) is 6.60. The van der Waals surface area contributed by atoms with Crippen molar-refractivity contribution in [3.05, 3.63) is 35.4 Å². The molecule has 0 aliphatic carbocycles. The molecule has 0 N–H and O–H groups in total. The van der Waals surface area contributed by atoms with E-state index in [4.69, 9.17) is 0 Å². The predicted octanol–water partition coefficient (Wildman–Crippen LogP) is 4.08. The van der Waals surface area contributed by atoms with Crippen molar-refractivity contribution in [3.8, 4) is 0 Å². The molecular weight excluding hydrogens is 226 g/mol. The minimum absolute atomic E-state index is 0.0253. The van der Waals surface area contributed by atoms with Gasteiger partial charge in [-0.2, -0.15) is 0 Å². The summed E-state index contributed by atoms with van der Waals surface area (Å²) in [6, 6.07) is 6.55. The van der Waals surface area contributed by atoms with E-state index in [1.54, 1.807) is 18.2 Å². The number of hydrogen-bond donors (Lipinski definition) is 0. The Bertz CT molecular complexity index is 231. The lowest BCUT2D eigenvalue weighted by Crippen LogP contribution is -1.93. The molecule has 1 unspecified atom stereocenters. The van der Waals surface area contributed by atoms with Crippen molar-refractivity contribution >= 4 is 15.9 Å². The first-order valence-corrected chi connectivity index (χ1v) is 4.55. The van der Waals surface area contributed by atoms with Gasteiger partial charge in [0.05, 0.1) is 0 Å². The molecule has 0 saturated carbocycles. The molecule has 0 aromatic heterocycles. The van der Waals surface area contributed by atoms with Crippen LogP contribution in [0.15, 0.2) is 24.3 Å². The van der Waals surface area contributed by atoms with E-state index in [1.165, 1.54) is 6.07 Å². The van der Waals surface area contributed by atoms with Crippen LogP contribution in [-0.2, 0) is 0 Å². The van der Waals surface area contributed by atoms with Crippen LogP contribution in [0.3, 0.4) is 0 Å². The van der Waals surface area contributed by atoms with Crippen LogP contribution in [0.5, 0.6) is 0 Å². The maximum atomic E-state index is 12.4. The van der Waals surface area contributed by atoms with Crippen LogP contribution in [0.2, 0.25) is 0 Å². The van der Waals surface area contributed by atoms with Crippen molar-refractivity contribution in [2.45, 2.75) is 18.2 Å². The Morgan fingerprint density at radius 2 is 1.67 bits per heavy atom. The lowest BCUT2D eigenvalue weighted by Gasteiger charge is -2.09. The Morgan fingerprint density at radius 3 is 2.00 bits per heavy atom. The number of hydrogen-bond acceptors (Lipinski definition) is 0. The second-order valence-electron chi connectivity index (χ2n) is 2.55. The highest BCUT2D eigenvalue weighted by molar-refractivity contribution is 9.09. The van der Waals surface area contributed by atoms with Gasteiger partial charge in [0.1, 0.15) is 0 Å². The zero-order chi connectivity index (χ0) is 9.14. The summed E-state index contributed by atoms with van der Waals surface area (Å²) in [4.78, 5) is -0.0253. The van der Waals surface area contributed by atoms with Crippen LogP contribution in [0, 0.1) is 0 Å². The highest BCUT2D eigenvalue weighted by Crippen LogP contribution is 2.30. The fourth-order valence-electron chi connectivity index (χ4n) is 1.07.